The molecule has 1 aliphatic rings. The van der Waals surface area contributed by atoms with Crippen molar-refractivity contribution in [1.82, 2.24) is 9.88 Å². The molecule has 0 saturated carbocycles. The lowest BCUT2D eigenvalue weighted by atomic mass is 9.95. The van der Waals surface area contributed by atoms with Gasteiger partial charge in [0, 0.05) is 17.4 Å². The monoisotopic (exact) mass is 449 g/mol. The van der Waals surface area contributed by atoms with E-state index < -0.39 is 29.8 Å². The van der Waals surface area contributed by atoms with Crippen molar-refractivity contribution in [1.29, 1.82) is 0 Å². The van der Waals surface area contributed by atoms with E-state index in [9.17, 15) is 19.2 Å². The van der Waals surface area contributed by atoms with Crippen molar-refractivity contribution in [3.05, 3.63) is 65.4 Å². The number of ketones is 1. The summed E-state index contributed by atoms with van der Waals surface area (Å²) in [5.41, 5.74) is 2.58. The molecular formula is C24H23N3O6. The third-order valence-electron chi connectivity index (χ3n) is 5.59. The number of H-pyrrole nitrogens is 1. The number of nitrogens with one attached hydrogen (secondary N) is 2. The van der Waals surface area contributed by atoms with Gasteiger partial charge in [0.2, 0.25) is 0 Å². The molecule has 1 atom stereocenters. The summed E-state index contributed by atoms with van der Waals surface area (Å²) in [7, 11) is 1.25. The van der Waals surface area contributed by atoms with E-state index in [1.54, 1.807) is 25.1 Å². The Morgan fingerprint density at radius 3 is 2.58 bits per heavy atom. The highest BCUT2D eigenvalue weighted by Crippen LogP contribution is 2.35. The maximum absolute atomic E-state index is 13.3. The van der Waals surface area contributed by atoms with Gasteiger partial charge in [-0.1, -0.05) is 30.3 Å². The summed E-state index contributed by atoms with van der Waals surface area (Å²) in [6, 6.07) is 12.1. The lowest BCUT2D eigenvalue weighted by Gasteiger charge is -2.34. The zero-order valence-corrected chi connectivity index (χ0v) is 18.2. The maximum Gasteiger partial charge on any atom is 0.377 e. The van der Waals surface area contributed by atoms with E-state index in [1.807, 2.05) is 24.3 Å². The number of Topliss-reactive ketones (excluding diaryl/α,β-unsaturated/α-hetero) is 1. The molecule has 9 heteroatoms. The summed E-state index contributed by atoms with van der Waals surface area (Å²) < 4.78 is 9.71. The second-order valence-electron chi connectivity index (χ2n) is 7.46. The van der Waals surface area contributed by atoms with Gasteiger partial charge in [0.15, 0.2) is 0 Å². The molecule has 0 aliphatic carbocycles. The number of urea groups is 1. The normalized spacial score (nSPS) is 15.0. The lowest BCUT2D eigenvalue weighted by molar-refractivity contribution is -0.155. The van der Waals surface area contributed by atoms with Crippen LogP contribution in [0.1, 0.15) is 34.6 Å². The van der Waals surface area contributed by atoms with Crippen LogP contribution in [0.2, 0.25) is 0 Å². The first-order chi connectivity index (χ1) is 16.0. The van der Waals surface area contributed by atoms with Crippen LogP contribution in [0.4, 0.5) is 10.5 Å². The van der Waals surface area contributed by atoms with Crippen LogP contribution in [0, 0.1) is 0 Å². The number of carbonyl (C=O) groups is 4. The molecule has 1 aromatic heterocycles. The van der Waals surface area contributed by atoms with Crippen LogP contribution >= 0.6 is 0 Å². The van der Waals surface area contributed by atoms with E-state index in [0.717, 1.165) is 16.5 Å². The summed E-state index contributed by atoms with van der Waals surface area (Å²) in [6.45, 7) is 1.83. The topological polar surface area (TPSA) is 118 Å². The highest BCUT2D eigenvalue weighted by atomic mass is 16.5. The third kappa shape index (κ3) is 4.05. The van der Waals surface area contributed by atoms with E-state index in [1.165, 1.54) is 18.1 Å². The molecule has 1 aliphatic heterocycles. The van der Waals surface area contributed by atoms with Crippen LogP contribution in [0.15, 0.2) is 48.5 Å². The largest absolute Gasteiger partial charge is 0.465 e. The van der Waals surface area contributed by atoms with Crippen molar-refractivity contribution in [3.63, 3.8) is 0 Å². The summed E-state index contributed by atoms with van der Waals surface area (Å²) in [4.78, 5) is 55.4. The molecule has 2 aromatic carbocycles. The van der Waals surface area contributed by atoms with Gasteiger partial charge in [-0.3, -0.25) is 4.79 Å². The van der Waals surface area contributed by atoms with Gasteiger partial charge in [-0.2, -0.15) is 0 Å². The first-order valence-electron chi connectivity index (χ1n) is 10.5. The predicted octanol–water partition coefficient (Wildman–Crippen LogP) is 3.22. The zero-order chi connectivity index (χ0) is 23.5. The SMILES string of the molecule is CCOC(=O)C(=O)[C@H]1c2[nH]c3ccccc3c2CCN1C(=O)Nc1ccccc1C(=O)OC. The Bertz CT molecular complexity index is 1250. The number of amides is 2. The number of rotatable bonds is 5. The molecule has 170 valence electrons. The van der Waals surface area contributed by atoms with Crippen molar-refractivity contribution in [2.45, 2.75) is 19.4 Å². The molecule has 0 saturated heterocycles. The van der Waals surface area contributed by atoms with Crippen molar-refractivity contribution < 1.29 is 28.7 Å². The van der Waals surface area contributed by atoms with Crippen LogP contribution in [0.3, 0.4) is 0 Å². The van der Waals surface area contributed by atoms with E-state index >= 15 is 0 Å². The van der Waals surface area contributed by atoms with Crippen molar-refractivity contribution in [3.8, 4) is 0 Å². The summed E-state index contributed by atoms with van der Waals surface area (Å²) >= 11 is 0. The molecule has 2 heterocycles. The minimum atomic E-state index is -1.19. The van der Waals surface area contributed by atoms with Gasteiger partial charge < -0.3 is 24.7 Å². The Labute approximate surface area is 189 Å². The molecule has 9 nitrogen and oxygen atoms in total. The summed E-state index contributed by atoms with van der Waals surface area (Å²) in [6.07, 6.45) is 0.484. The van der Waals surface area contributed by atoms with Gasteiger partial charge in [0.25, 0.3) is 5.78 Å². The van der Waals surface area contributed by atoms with Crippen molar-refractivity contribution in [2.24, 2.45) is 0 Å². The number of esters is 2. The number of fused-ring (bicyclic) bond motifs is 3. The Hall–Kier alpha value is -4.14. The number of methoxy groups -OCH3 is 1. The van der Waals surface area contributed by atoms with Crippen LogP contribution in [-0.2, 0) is 25.5 Å². The molecule has 4 rings (SSSR count). The second-order valence-corrected chi connectivity index (χ2v) is 7.46. The number of para-hydroxylation sites is 2. The molecule has 3 aromatic rings. The van der Waals surface area contributed by atoms with Crippen LogP contribution in [0.25, 0.3) is 10.9 Å². The molecule has 0 unspecified atom stereocenters. The number of hydrogen-bond acceptors (Lipinski definition) is 6. The minimum Gasteiger partial charge on any atom is -0.465 e. The highest BCUT2D eigenvalue weighted by molar-refractivity contribution is 6.36. The van der Waals surface area contributed by atoms with Gasteiger partial charge in [0.1, 0.15) is 6.04 Å². The number of ether oxygens (including phenoxy) is 2. The number of carbonyl (C=O) groups excluding carboxylic acids is 4. The fraction of sp³-hybridized carbons (Fsp3) is 0.250. The summed E-state index contributed by atoms with van der Waals surface area (Å²) in [5.74, 6) is -2.47. The van der Waals surface area contributed by atoms with E-state index in [2.05, 4.69) is 10.3 Å². The number of benzene rings is 2. The highest BCUT2D eigenvalue weighted by Gasteiger charge is 2.41. The molecule has 0 spiro atoms. The first-order valence-corrected chi connectivity index (χ1v) is 10.5. The van der Waals surface area contributed by atoms with E-state index in [0.29, 0.717) is 12.1 Å². The zero-order valence-electron chi connectivity index (χ0n) is 18.2. The van der Waals surface area contributed by atoms with Gasteiger partial charge in [-0.25, -0.2) is 14.4 Å². The fourth-order valence-electron chi connectivity index (χ4n) is 4.11. The number of aromatic amines is 1. The van der Waals surface area contributed by atoms with Gasteiger partial charge in [-0.05, 0) is 37.1 Å². The molecular weight excluding hydrogens is 426 g/mol. The first kappa shape index (κ1) is 22.1. The van der Waals surface area contributed by atoms with E-state index in [-0.39, 0.29) is 24.4 Å². The Balaban J connectivity index is 1.72. The molecule has 0 bridgehead atoms. The Kier molecular flexibility index (Phi) is 6.12. The Morgan fingerprint density at radius 1 is 1.09 bits per heavy atom. The number of anilines is 1. The van der Waals surface area contributed by atoms with Gasteiger partial charge in [-0.15, -0.1) is 0 Å². The predicted molar refractivity (Wildman–Crippen MR) is 120 cm³/mol. The van der Waals surface area contributed by atoms with Crippen LogP contribution < -0.4 is 5.32 Å². The second kappa shape index (κ2) is 9.15. The average molecular weight is 449 g/mol. The standard InChI is InChI=1S/C24H23N3O6/c1-3-33-23(30)21(28)20-19-15(14-8-4-6-10-17(14)25-19)12-13-27(20)24(31)26-18-11-7-5-9-16(18)22(29)32-2/h4-11,20,25H,3,12-13H2,1-2H3,(H,26,31)/t20-/m1/s1. The van der Waals surface area contributed by atoms with Gasteiger partial charge >= 0.3 is 18.0 Å². The van der Waals surface area contributed by atoms with Gasteiger partial charge in [0.05, 0.1) is 30.7 Å². The quantitative estimate of drug-likeness (QED) is 0.456. The molecule has 0 fully saturated rings. The van der Waals surface area contributed by atoms with Crippen LogP contribution in [-0.4, -0.2) is 53.9 Å². The van der Waals surface area contributed by atoms with E-state index in [4.69, 9.17) is 9.47 Å². The average Bonchev–Trinajstić information content (AvgIpc) is 3.21. The summed E-state index contributed by atoms with van der Waals surface area (Å²) in [5, 5.41) is 3.62. The number of aromatic nitrogens is 1. The minimum absolute atomic E-state index is 0.0373. The van der Waals surface area contributed by atoms with Crippen molar-refractivity contribution in [2.75, 3.05) is 25.6 Å². The molecule has 2 N–H and O–H groups in total. The third-order valence-corrected chi connectivity index (χ3v) is 5.59. The smallest absolute Gasteiger partial charge is 0.377 e. The number of nitrogens with zero attached hydrogens (tertiary/aromatic N) is 1. The molecule has 2 amide bonds. The lowest BCUT2D eigenvalue weighted by Crippen LogP contribution is -2.47. The van der Waals surface area contributed by atoms with Crippen LogP contribution in [0.5, 0.6) is 0 Å². The fourth-order valence-corrected chi connectivity index (χ4v) is 4.11. The maximum atomic E-state index is 13.3. The number of hydrogen-bond donors (Lipinski definition) is 2. The molecule has 0 radical (unpaired) electrons. The Morgan fingerprint density at radius 2 is 1.82 bits per heavy atom. The molecule has 33 heavy (non-hydrogen) atoms. The van der Waals surface area contributed by atoms with Crippen molar-refractivity contribution >= 4 is 40.3 Å².